The lowest BCUT2D eigenvalue weighted by Crippen LogP contribution is -2.46. The van der Waals surface area contributed by atoms with Crippen molar-refractivity contribution >= 4 is 5.97 Å². The van der Waals surface area contributed by atoms with Crippen LogP contribution in [0.1, 0.15) is 66.7 Å². The molecule has 1 aliphatic rings. The van der Waals surface area contributed by atoms with Gasteiger partial charge >= 0.3 is 5.97 Å². The van der Waals surface area contributed by atoms with Crippen LogP contribution in [0.2, 0.25) is 0 Å². The van der Waals surface area contributed by atoms with Crippen LogP contribution < -0.4 is 0 Å². The first-order valence-corrected chi connectivity index (χ1v) is 12.3. The number of hydrogen-bond acceptors (Lipinski definition) is 5. The molecule has 0 aromatic heterocycles. The maximum absolute atomic E-state index is 10.5. The summed E-state index contributed by atoms with van der Waals surface area (Å²) in [6, 6.07) is 0. The van der Waals surface area contributed by atoms with Gasteiger partial charge in [-0.25, -0.2) is 0 Å². The molecule has 1 heterocycles. The van der Waals surface area contributed by atoms with Gasteiger partial charge in [-0.05, 0) is 46.0 Å². The van der Waals surface area contributed by atoms with E-state index in [9.17, 15) is 20.1 Å². The highest BCUT2D eigenvalue weighted by molar-refractivity contribution is 5.66. The predicted molar refractivity (Wildman–Crippen MR) is 136 cm³/mol. The molecule has 7 unspecified atom stereocenters. The van der Waals surface area contributed by atoms with E-state index in [0.717, 1.165) is 12.0 Å². The molecule has 1 aliphatic heterocycles. The monoisotopic (exact) mass is 476 g/mol. The fraction of sp³-hybridized carbons (Fsp3) is 0.607. The maximum atomic E-state index is 10.5. The van der Waals surface area contributed by atoms with Crippen LogP contribution in [0.25, 0.3) is 0 Å². The van der Waals surface area contributed by atoms with Gasteiger partial charge in [-0.2, -0.15) is 0 Å². The van der Waals surface area contributed by atoms with Crippen molar-refractivity contribution in [1.82, 2.24) is 0 Å². The van der Waals surface area contributed by atoms with E-state index >= 15 is 0 Å². The standard InChI is InChI=1S/C28H44O6/c1-6-9-26-22(5)25(31)18-27(34-26)24(30)12-7-10-19(2)16-21(4)17-20(3)14-15-23(29)11-8-13-28(32)33/h6-7,9-10,12,14-15,17,21-27,29-31H,8,11,13,16,18H2,1-5H3,(H,32,33)/b9-6+,12-7+,15-14+,19-10+,20-17-. The summed E-state index contributed by atoms with van der Waals surface area (Å²) in [6.07, 6.45) is 14.7. The molecule has 0 bridgehead atoms. The second-order valence-electron chi connectivity index (χ2n) is 9.52. The number of allylic oxidation sites excluding steroid dienone is 7. The summed E-state index contributed by atoms with van der Waals surface area (Å²) in [7, 11) is 0. The normalized spacial score (nSPS) is 27.5. The summed E-state index contributed by atoms with van der Waals surface area (Å²) in [5.74, 6) is -0.551. The third-order valence-corrected chi connectivity index (χ3v) is 6.05. The SMILES string of the molecule is C/C=C/C1OC(C(O)/C=C/C=C(\C)CC(C)/C=C(C)\C=C\C(O)CCCC(=O)O)CC(O)C1C. The van der Waals surface area contributed by atoms with Crippen LogP contribution in [-0.2, 0) is 9.53 Å². The average molecular weight is 477 g/mol. The molecule has 1 saturated heterocycles. The number of ether oxygens (including phenoxy) is 1. The molecule has 0 aromatic carbocycles. The van der Waals surface area contributed by atoms with Gasteiger partial charge < -0.3 is 25.2 Å². The van der Waals surface area contributed by atoms with Gasteiger partial charge in [0, 0.05) is 18.8 Å². The summed E-state index contributed by atoms with van der Waals surface area (Å²) in [5.41, 5.74) is 2.21. The van der Waals surface area contributed by atoms with E-state index < -0.39 is 30.4 Å². The van der Waals surface area contributed by atoms with Crippen molar-refractivity contribution in [3.8, 4) is 0 Å². The lowest BCUT2D eigenvalue weighted by atomic mass is 9.88. The van der Waals surface area contributed by atoms with Gasteiger partial charge in [0.15, 0.2) is 0 Å². The maximum Gasteiger partial charge on any atom is 0.303 e. The van der Waals surface area contributed by atoms with Gasteiger partial charge in [0.1, 0.15) is 0 Å². The first-order chi connectivity index (χ1) is 16.0. The van der Waals surface area contributed by atoms with Gasteiger partial charge in [0.2, 0.25) is 0 Å². The van der Waals surface area contributed by atoms with Gasteiger partial charge in [0.25, 0.3) is 0 Å². The summed E-state index contributed by atoms with van der Waals surface area (Å²) in [6.45, 7) is 10.0. The van der Waals surface area contributed by atoms with Crippen molar-refractivity contribution in [3.63, 3.8) is 0 Å². The van der Waals surface area contributed by atoms with Crippen LogP contribution in [0.15, 0.2) is 59.8 Å². The average Bonchev–Trinajstić information content (AvgIpc) is 2.74. The van der Waals surface area contributed by atoms with Crippen molar-refractivity contribution < 1.29 is 30.0 Å². The Labute approximate surface area is 205 Å². The largest absolute Gasteiger partial charge is 0.481 e. The molecule has 34 heavy (non-hydrogen) atoms. The summed E-state index contributed by atoms with van der Waals surface area (Å²) < 4.78 is 5.98. The number of carboxylic acids is 1. The predicted octanol–water partition coefficient (Wildman–Crippen LogP) is 4.72. The molecule has 1 rings (SSSR count). The fourth-order valence-corrected chi connectivity index (χ4v) is 4.10. The minimum absolute atomic E-state index is 0.00110. The molecule has 0 aromatic rings. The zero-order chi connectivity index (χ0) is 25.7. The van der Waals surface area contributed by atoms with E-state index in [1.54, 1.807) is 12.2 Å². The molecule has 0 radical (unpaired) electrons. The Bertz CT molecular complexity index is 763. The lowest BCUT2D eigenvalue weighted by Gasteiger charge is -2.38. The van der Waals surface area contributed by atoms with Crippen LogP contribution in [0, 0.1) is 11.8 Å². The first kappa shape index (κ1) is 30.0. The zero-order valence-electron chi connectivity index (χ0n) is 21.3. The van der Waals surface area contributed by atoms with Crippen molar-refractivity contribution in [2.45, 2.75) is 97.2 Å². The van der Waals surface area contributed by atoms with Crippen molar-refractivity contribution in [3.05, 3.63) is 59.8 Å². The van der Waals surface area contributed by atoms with E-state index in [1.807, 2.05) is 58.1 Å². The van der Waals surface area contributed by atoms with E-state index in [0.29, 0.717) is 25.2 Å². The molecule has 0 saturated carbocycles. The van der Waals surface area contributed by atoms with E-state index in [4.69, 9.17) is 9.84 Å². The topological polar surface area (TPSA) is 107 Å². The molecule has 192 valence electrons. The van der Waals surface area contributed by atoms with Gasteiger partial charge in [-0.3, -0.25) is 4.79 Å². The Morgan fingerprint density at radius 2 is 1.91 bits per heavy atom. The molecule has 7 atom stereocenters. The molecular weight excluding hydrogens is 432 g/mol. The molecule has 1 fully saturated rings. The number of aliphatic hydroxyl groups excluding tert-OH is 3. The number of aliphatic hydroxyl groups is 3. The van der Waals surface area contributed by atoms with E-state index in [1.165, 1.54) is 5.57 Å². The molecule has 6 heteroatoms. The van der Waals surface area contributed by atoms with Crippen molar-refractivity contribution in [2.75, 3.05) is 0 Å². The summed E-state index contributed by atoms with van der Waals surface area (Å²) in [5, 5.41) is 39.4. The van der Waals surface area contributed by atoms with E-state index in [2.05, 4.69) is 13.0 Å². The number of rotatable bonds is 13. The highest BCUT2D eigenvalue weighted by Gasteiger charge is 2.35. The number of carbonyl (C=O) groups is 1. The first-order valence-electron chi connectivity index (χ1n) is 12.3. The quantitative estimate of drug-likeness (QED) is 0.226. The lowest BCUT2D eigenvalue weighted by molar-refractivity contribution is -0.139. The minimum Gasteiger partial charge on any atom is -0.481 e. The Balaban J connectivity index is 2.54. The fourth-order valence-electron chi connectivity index (χ4n) is 4.10. The van der Waals surface area contributed by atoms with Gasteiger partial charge in [-0.15, -0.1) is 0 Å². The van der Waals surface area contributed by atoms with Gasteiger partial charge in [0.05, 0.1) is 30.5 Å². The Morgan fingerprint density at radius 1 is 1.21 bits per heavy atom. The molecule has 6 nitrogen and oxygen atoms in total. The third kappa shape index (κ3) is 11.9. The van der Waals surface area contributed by atoms with Gasteiger partial charge in [-0.1, -0.05) is 73.6 Å². The highest BCUT2D eigenvalue weighted by Crippen LogP contribution is 2.28. The Hall–Kier alpha value is -1.99. The van der Waals surface area contributed by atoms with Crippen LogP contribution in [-0.4, -0.2) is 56.9 Å². The highest BCUT2D eigenvalue weighted by atomic mass is 16.5. The molecule has 0 aliphatic carbocycles. The number of aliphatic carboxylic acids is 1. The second kappa shape index (κ2) is 15.8. The van der Waals surface area contributed by atoms with Crippen molar-refractivity contribution in [1.29, 1.82) is 0 Å². The van der Waals surface area contributed by atoms with Crippen LogP contribution in [0.3, 0.4) is 0 Å². The van der Waals surface area contributed by atoms with Crippen LogP contribution in [0.4, 0.5) is 0 Å². The third-order valence-electron chi connectivity index (χ3n) is 6.05. The Morgan fingerprint density at radius 3 is 2.56 bits per heavy atom. The number of carboxylic acid groups (broad SMARTS) is 1. The molecule has 0 amide bonds. The molecule has 4 N–H and O–H groups in total. The summed E-state index contributed by atoms with van der Waals surface area (Å²) in [4.78, 5) is 10.5. The second-order valence-corrected chi connectivity index (χ2v) is 9.52. The van der Waals surface area contributed by atoms with Crippen LogP contribution >= 0.6 is 0 Å². The van der Waals surface area contributed by atoms with Crippen molar-refractivity contribution in [2.24, 2.45) is 11.8 Å². The molecular formula is C28H44O6. The molecule has 0 spiro atoms. The summed E-state index contributed by atoms with van der Waals surface area (Å²) >= 11 is 0. The smallest absolute Gasteiger partial charge is 0.303 e. The van der Waals surface area contributed by atoms with E-state index in [-0.39, 0.29) is 18.4 Å². The number of hydrogen-bond donors (Lipinski definition) is 4. The Kier molecular flexibility index (Phi) is 14.0. The zero-order valence-corrected chi connectivity index (χ0v) is 21.3. The minimum atomic E-state index is -0.845. The van der Waals surface area contributed by atoms with Crippen LogP contribution in [0.5, 0.6) is 0 Å².